The molecule has 9 nitrogen and oxygen atoms in total. The number of fused-ring (bicyclic) bond motifs is 4. The van der Waals surface area contributed by atoms with Crippen LogP contribution in [0.5, 0.6) is 0 Å². The number of hydrogen-bond donors (Lipinski definition) is 1. The number of para-hydroxylation sites is 1. The number of nitrogens with one attached hydrogen (secondary N) is 1. The van der Waals surface area contributed by atoms with Gasteiger partial charge < -0.3 is 24.6 Å². The van der Waals surface area contributed by atoms with Gasteiger partial charge in [-0.25, -0.2) is 9.37 Å². The van der Waals surface area contributed by atoms with Crippen molar-refractivity contribution in [1.29, 1.82) is 0 Å². The zero-order chi connectivity index (χ0) is 37.7. The van der Waals surface area contributed by atoms with E-state index in [1.807, 2.05) is 49.4 Å². The molecule has 0 unspecified atom stereocenters. The van der Waals surface area contributed by atoms with Gasteiger partial charge in [0.2, 0.25) is 0 Å². The molecule has 0 bridgehead atoms. The average Bonchev–Trinajstić information content (AvgIpc) is 3.56. The summed E-state index contributed by atoms with van der Waals surface area (Å²) in [6.07, 6.45) is 3.32. The number of benzene rings is 3. The van der Waals surface area contributed by atoms with Gasteiger partial charge in [-0.15, -0.1) is 11.3 Å². The van der Waals surface area contributed by atoms with Gasteiger partial charge in [0.05, 0.1) is 35.0 Å². The van der Waals surface area contributed by atoms with Crippen LogP contribution in [0.2, 0.25) is 0 Å². The van der Waals surface area contributed by atoms with Crippen LogP contribution in [0.25, 0.3) is 10.4 Å². The average molecular weight is 757 g/mol. The van der Waals surface area contributed by atoms with E-state index in [0.29, 0.717) is 59.3 Å². The summed E-state index contributed by atoms with van der Waals surface area (Å²) in [5, 5.41) is 3.06. The molecule has 1 spiro atoms. The molecule has 6 heterocycles. The third kappa shape index (κ3) is 6.74. The number of rotatable bonds is 7. The Morgan fingerprint density at radius 3 is 2.51 bits per heavy atom. The number of thiophene rings is 1. The zero-order valence-electron chi connectivity index (χ0n) is 30.7. The molecule has 0 radical (unpaired) electrons. The van der Waals surface area contributed by atoms with Crippen molar-refractivity contribution in [2.24, 2.45) is 5.41 Å². The van der Waals surface area contributed by atoms with Gasteiger partial charge in [0.25, 0.3) is 11.8 Å². The molecular weight excluding hydrogens is 716 g/mol. The van der Waals surface area contributed by atoms with Crippen molar-refractivity contribution in [3.05, 3.63) is 129 Å². The number of halogens is 1. The summed E-state index contributed by atoms with van der Waals surface area (Å²) < 4.78 is 25.9. The van der Waals surface area contributed by atoms with Gasteiger partial charge in [0.1, 0.15) is 11.6 Å². The largest absolute Gasteiger partial charge is 0.381 e. The molecule has 55 heavy (non-hydrogen) atoms. The molecule has 2 amide bonds. The van der Waals surface area contributed by atoms with Crippen molar-refractivity contribution < 1.29 is 28.2 Å². The number of pyridine rings is 1. The fourth-order valence-electron chi connectivity index (χ4n) is 8.35. The summed E-state index contributed by atoms with van der Waals surface area (Å²) in [6.45, 7) is 6.55. The maximum Gasteiger partial charge on any atom is 0.259 e. The van der Waals surface area contributed by atoms with Crippen molar-refractivity contribution in [1.82, 2.24) is 4.98 Å². The molecule has 4 aliphatic heterocycles. The van der Waals surface area contributed by atoms with Crippen molar-refractivity contribution in [2.75, 3.05) is 54.6 Å². The second kappa shape index (κ2) is 14.4. The number of carbonyl (C=O) groups is 3. The van der Waals surface area contributed by atoms with E-state index in [1.54, 1.807) is 35.2 Å². The Labute approximate surface area is 323 Å². The fourth-order valence-corrected chi connectivity index (χ4v) is 9.53. The first-order chi connectivity index (χ1) is 26.7. The Bertz CT molecular complexity index is 2310. The second-order valence-corrected chi connectivity index (χ2v) is 16.1. The lowest BCUT2D eigenvalue weighted by atomic mass is 9.73. The van der Waals surface area contributed by atoms with Crippen molar-refractivity contribution in [3.8, 4) is 10.4 Å². The Hall–Kier alpha value is -5.23. The Balaban J connectivity index is 0.920. The number of carbonyl (C=O) groups excluding carboxylic acids is 3. The van der Waals surface area contributed by atoms with Gasteiger partial charge >= 0.3 is 0 Å². The third-order valence-electron chi connectivity index (χ3n) is 11.5. The standard InChI is InChI=1S/C44H41FN4O5S/c1-27-5-4-7-35(45)33(27)23-38(50)39-22-29-13-17-49(37-8-3-2-6-32(37)40(29)55-39)43(52)28-9-11-31(12-10-28)46-42(51)34-21-30-24-54-18-14-36(30)47-41(34)48-25-44(26-48)15-19-53-20-16-44/h2-12,21-22H,13-20,23-26H2,1H3,(H,46,51). The number of aryl methyl sites for hydroxylation is 1. The van der Waals surface area contributed by atoms with E-state index in [-0.39, 0.29) is 35.3 Å². The molecule has 1 N–H and O–H groups in total. The number of amides is 2. The molecule has 2 fully saturated rings. The summed E-state index contributed by atoms with van der Waals surface area (Å²) in [7, 11) is 0. The molecule has 2 saturated heterocycles. The smallest absolute Gasteiger partial charge is 0.259 e. The lowest BCUT2D eigenvalue weighted by Crippen LogP contribution is -2.59. The lowest BCUT2D eigenvalue weighted by molar-refractivity contribution is -0.000550. The summed E-state index contributed by atoms with van der Waals surface area (Å²) in [6, 6.07) is 23.4. The van der Waals surface area contributed by atoms with Gasteiger partial charge in [-0.1, -0.05) is 30.3 Å². The summed E-state index contributed by atoms with van der Waals surface area (Å²) in [4.78, 5) is 52.0. The lowest BCUT2D eigenvalue weighted by Gasteiger charge is -2.53. The van der Waals surface area contributed by atoms with Crippen LogP contribution < -0.4 is 15.1 Å². The van der Waals surface area contributed by atoms with Crippen molar-refractivity contribution in [3.63, 3.8) is 0 Å². The van der Waals surface area contributed by atoms with Crippen LogP contribution in [0.4, 0.5) is 21.6 Å². The van der Waals surface area contributed by atoms with E-state index in [0.717, 1.165) is 84.1 Å². The number of Topliss-reactive ketones (excluding diaryl/α,β-unsaturated/α-hetero) is 1. The molecule has 280 valence electrons. The highest BCUT2D eigenvalue weighted by molar-refractivity contribution is 7.17. The van der Waals surface area contributed by atoms with E-state index in [9.17, 15) is 18.8 Å². The number of aromatic nitrogens is 1. The highest BCUT2D eigenvalue weighted by atomic mass is 32.1. The van der Waals surface area contributed by atoms with Crippen LogP contribution in [-0.2, 0) is 35.3 Å². The SMILES string of the molecule is Cc1cccc(F)c1CC(=O)c1cc2c(s1)-c1ccccc1N(C(=O)c1ccc(NC(=O)c3cc4c(nc3N3CC5(CCOCC5)C3)CCOC4)cc1)CC2. The minimum Gasteiger partial charge on any atom is -0.381 e. The van der Waals surface area contributed by atoms with Crippen molar-refractivity contribution >= 4 is 46.1 Å². The number of ketones is 1. The fraction of sp³-hybridized carbons (Fsp3) is 0.318. The molecule has 9 rings (SSSR count). The molecule has 11 heteroatoms. The number of ether oxygens (including phenoxy) is 2. The van der Waals surface area contributed by atoms with Crippen LogP contribution in [0, 0.1) is 18.2 Å². The minimum atomic E-state index is -0.372. The maximum atomic E-state index is 14.6. The molecule has 0 saturated carbocycles. The summed E-state index contributed by atoms with van der Waals surface area (Å²) in [5.74, 6) is -0.193. The molecule has 5 aromatic rings. The number of nitrogens with zero attached hydrogens (tertiary/aromatic N) is 3. The van der Waals surface area contributed by atoms with Gasteiger partial charge in [-0.3, -0.25) is 14.4 Å². The summed E-state index contributed by atoms with van der Waals surface area (Å²) >= 11 is 1.40. The zero-order valence-corrected chi connectivity index (χ0v) is 31.5. The molecule has 3 aromatic carbocycles. The van der Waals surface area contributed by atoms with Gasteiger partial charge in [0, 0.05) is 78.4 Å². The highest BCUT2D eigenvalue weighted by Gasteiger charge is 2.45. The van der Waals surface area contributed by atoms with Crippen LogP contribution in [0.1, 0.15) is 71.2 Å². The Morgan fingerprint density at radius 2 is 1.71 bits per heavy atom. The van der Waals surface area contributed by atoms with Crippen LogP contribution in [-0.4, -0.2) is 62.0 Å². The molecule has 0 atom stereocenters. The Kier molecular flexibility index (Phi) is 9.32. The van der Waals surface area contributed by atoms with Crippen LogP contribution in [0.15, 0.2) is 78.9 Å². The maximum absolute atomic E-state index is 14.6. The molecule has 0 aliphatic carbocycles. The number of hydrogen-bond acceptors (Lipinski definition) is 8. The number of anilines is 3. The first-order valence-electron chi connectivity index (χ1n) is 18.9. The van der Waals surface area contributed by atoms with E-state index in [1.165, 1.54) is 17.4 Å². The van der Waals surface area contributed by atoms with Crippen LogP contribution >= 0.6 is 11.3 Å². The predicted molar refractivity (Wildman–Crippen MR) is 211 cm³/mol. The van der Waals surface area contributed by atoms with Gasteiger partial charge in [-0.2, -0.15) is 0 Å². The first-order valence-corrected chi connectivity index (χ1v) is 19.7. The first kappa shape index (κ1) is 35.5. The van der Waals surface area contributed by atoms with Crippen molar-refractivity contribution in [2.45, 2.75) is 45.6 Å². The van der Waals surface area contributed by atoms with E-state index in [2.05, 4.69) is 10.2 Å². The van der Waals surface area contributed by atoms with E-state index < -0.39 is 0 Å². The normalized spacial score (nSPS) is 17.1. The van der Waals surface area contributed by atoms with Crippen LogP contribution in [0.3, 0.4) is 0 Å². The van der Waals surface area contributed by atoms with Gasteiger partial charge in [-0.05, 0) is 91.4 Å². The van der Waals surface area contributed by atoms with E-state index in [4.69, 9.17) is 14.5 Å². The molecular formula is C44H41FN4O5S. The molecule has 2 aromatic heterocycles. The predicted octanol–water partition coefficient (Wildman–Crippen LogP) is 7.83. The second-order valence-electron chi connectivity index (χ2n) is 15.1. The Morgan fingerprint density at radius 1 is 0.909 bits per heavy atom. The molecule has 4 aliphatic rings. The third-order valence-corrected chi connectivity index (χ3v) is 12.8. The minimum absolute atomic E-state index is 0.00377. The monoisotopic (exact) mass is 756 g/mol. The quantitative estimate of drug-likeness (QED) is 0.169. The van der Waals surface area contributed by atoms with Gasteiger partial charge in [0.15, 0.2) is 5.78 Å². The highest BCUT2D eigenvalue weighted by Crippen LogP contribution is 2.44. The summed E-state index contributed by atoms with van der Waals surface area (Å²) in [5.41, 5.74) is 7.54. The van der Waals surface area contributed by atoms with E-state index >= 15 is 0 Å². The topological polar surface area (TPSA) is 101 Å².